The summed E-state index contributed by atoms with van der Waals surface area (Å²) in [6.07, 6.45) is -4.48. The minimum Gasteiger partial charge on any atom is -0.425 e. The van der Waals surface area contributed by atoms with Gasteiger partial charge in [0.15, 0.2) is 0 Å². The van der Waals surface area contributed by atoms with E-state index in [0.717, 1.165) is 24.3 Å². The number of ether oxygens (including phenoxy) is 1. The summed E-state index contributed by atoms with van der Waals surface area (Å²) in [7, 11) is 0. The summed E-state index contributed by atoms with van der Waals surface area (Å²) in [4.78, 5) is 24.6. The lowest BCUT2D eigenvalue weighted by Gasteiger charge is -2.16. The Morgan fingerprint density at radius 1 is 1.11 bits per heavy atom. The van der Waals surface area contributed by atoms with Crippen LogP contribution in [0.1, 0.15) is 29.8 Å². The van der Waals surface area contributed by atoms with Crippen LogP contribution >= 0.6 is 11.6 Å². The summed E-state index contributed by atoms with van der Waals surface area (Å²) >= 11 is 5.91. The number of benzene rings is 2. The lowest BCUT2D eigenvalue weighted by atomic mass is 10.1. The van der Waals surface area contributed by atoms with E-state index in [2.05, 4.69) is 5.32 Å². The number of hydrogen-bond donors (Lipinski definition) is 2. The molecule has 28 heavy (non-hydrogen) atoms. The molecule has 0 unspecified atom stereocenters. The Labute approximate surface area is 164 Å². The normalized spacial score (nSPS) is 12.6. The Hall–Kier alpha value is -2.58. The average molecular weight is 415 g/mol. The van der Waals surface area contributed by atoms with Crippen LogP contribution in [0.15, 0.2) is 42.5 Å². The van der Waals surface area contributed by atoms with Crippen LogP contribution in [0.4, 0.5) is 18.9 Å². The number of anilines is 1. The predicted molar refractivity (Wildman–Crippen MR) is 99.3 cm³/mol. The quantitative estimate of drug-likeness (QED) is 0.557. The summed E-state index contributed by atoms with van der Waals surface area (Å²) in [5, 5.41) is 2.66. The molecule has 0 aliphatic rings. The monoisotopic (exact) mass is 414 g/mol. The molecule has 3 N–H and O–H groups in total. The van der Waals surface area contributed by atoms with Crippen molar-refractivity contribution in [1.82, 2.24) is 0 Å². The van der Waals surface area contributed by atoms with Crippen molar-refractivity contribution < 1.29 is 27.5 Å². The smallest absolute Gasteiger partial charge is 0.416 e. The highest BCUT2D eigenvalue weighted by atomic mass is 35.5. The van der Waals surface area contributed by atoms with Gasteiger partial charge in [0, 0.05) is 10.7 Å². The van der Waals surface area contributed by atoms with Crippen LogP contribution < -0.4 is 15.8 Å². The van der Waals surface area contributed by atoms with Gasteiger partial charge < -0.3 is 15.8 Å². The van der Waals surface area contributed by atoms with Crippen molar-refractivity contribution in [3.8, 4) is 5.75 Å². The fourth-order valence-electron chi connectivity index (χ4n) is 2.16. The molecule has 0 saturated carbocycles. The second-order valence-corrected chi connectivity index (χ2v) is 6.80. The molecule has 0 fully saturated rings. The second kappa shape index (κ2) is 8.62. The van der Waals surface area contributed by atoms with E-state index in [0.29, 0.717) is 0 Å². The van der Waals surface area contributed by atoms with Crippen LogP contribution in [-0.2, 0) is 11.0 Å². The number of carbonyl (C=O) groups excluding carboxylic acids is 2. The molecular weight excluding hydrogens is 397 g/mol. The molecule has 2 rings (SSSR count). The van der Waals surface area contributed by atoms with Crippen molar-refractivity contribution in [2.24, 2.45) is 11.7 Å². The van der Waals surface area contributed by atoms with Crippen LogP contribution in [0.2, 0.25) is 5.02 Å². The van der Waals surface area contributed by atoms with E-state index in [9.17, 15) is 22.8 Å². The second-order valence-electron chi connectivity index (χ2n) is 6.36. The van der Waals surface area contributed by atoms with Crippen molar-refractivity contribution in [3.05, 3.63) is 58.6 Å². The van der Waals surface area contributed by atoms with Crippen molar-refractivity contribution in [2.75, 3.05) is 5.32 Å². The predicted octanol–water partition coefficient (Wildman–Crippen LogP) is 4.50. The number of rotatable bonds is 5. The molecule has 0 aliphatic heterocycles. The maximum atomic E-state index is 12.6. The molecule has 150 valence electrons. The number of amides is 1. The molecule has 9 heteroatoms. The van der Waals surface area contributed by atoms with E-state index >= 15 is 0 Å². The van der Waals surface area contributed by atoms with Crippen LogP contribution in [0.5, 0.6) is 5.75 Å². The Bertz CT molecular complexity index is 868. The minimum absolute atomic E-state index is 0.0586. The maximum Gasteiger partial charge on any atom is 0.416 e. The third-order valence-electron chi connectivity index (χ3n) is 3.86. The molecule has 5 nitrogen and oxygen atoms in total. The molecule has 2 aromatic rings. The fraction of sp³-hybridized carbons (Fsp3) is 0.263. The van der Waals surface area contributed by atoms with Gasteiger partial charge in [-0.3, -0.25) is 4.79 Å². The molecular formula is C19H18ClF3N2O3. The first-order chi connectivity index (χ1) is 13.0. The van der Waals surface area contributed by atoms with E-state index < -0.39 is 29.7 Å². The van der Waals surface area contributed by atoms with E-state index in [1.165, 1.54) is 18.2 Å². The zero-order valence-corrected chi connectivity index (χ0v) is 15.8. The van der Waals surface area contributed by atoms with E-state index in [1.807, 2.05) is 0 Å². The average Bonchev–Trinajstić information content (AvgIpc) is 2.61. The van der Waals surface area contributed by atoms with Crippen molar-refractivity contribution >= 4 is 29.2 Å². The lowest BCUT2D eigenvalue weighted by Crippen LogP contribution is -2.38. The summed E-state index contributed by atoms with van der Waals surface area (Å²) < 4.78 is 43.1. The lowest BCUT2D eigenvalue weighted by molar-refractivity contribution is -0.138. The minimum atomic E-state index is -4.48. The molecule has 1 atom stereocenters. The first-order valence-electron chi connectivity index (χ1n) is 8.24. The van der Waals surface area contributed by atoms with Gasteiger partial charge in [-0.05, 0) is 48.4 Å². The third kappa shape index (κ3) is 5.46. The van der Waals surface area contributed by atoms with Gasteiger partial charge >= 0.3 is 12.1 Å². The first kappa shape index (κ1) is 21.7. The summed E-state index contributed by atoms with van der Waals surface area (Å²) in [5.41, 5.74) is 4.98. The van der Waals surface area contributed by atoms with Gasteiger partial charge in [0.1, 0.15) is 11.8 Å². The van der Waals surface area contributed by atoms with Crippen LogP contribution in [-0.4, -0.2) is 17.9 Å². The topological polar surface area (TPSA) is 81.4 Å². The number of halogens is 4. The van der Waals surface area contributed by atoms with E-state index in [-0.39, 0.29) is 27.9 Å². The van der Waals surface area contributed by atoms with Gasteiger partial charge in [-0.25, -0.2) is 4.79 Å². The van der Waals surface area contributed by atoms with E-state index in [1.54, 1.807) is 13.8 Å². The van der Waals surface area contributed by atoms with Crippen molar-refractivity contribution in [2.45, 2.75) is 26.1 Å². The number of alkyl halides is 3. The Balaban J connectivity index is 2.23. The van der Waals surface area contributed by atoms with Gasteiger partial charge in [-0.1, -0.05) is 25.4 Å². The van der Waals surface area contributed by atoms with E-state index in [4.69, 9.17) is 22.1 Å². The number of nitrogens with two attached hydrogens (primary N) is 1. The molecule has 0 saturated heterocycles. The fourth-order valence-corrected chi connectivity index (χ4v) is 2.33. The maximum absolute atomic E-state index is 12.6. The molecule has 0 heterocycles. The summed E-state index contributed by atoms with van der Waals surface area (Å²) in [5.74, 6) is -1.66. The molecule has 2 aromatic carbocycles. The largest absolute Gasteiger partial charge is 0.425 e. The standard InChI is InChI=1S/C19H18ClF3N2O3/c1-10(2)16(24)18(27)28-15-8-5-12(20)9-14(15)17(26)25-13-6-3-11(4-7-13)19(21,22)23/h3-10,16H,24H2,1-2H3,(H,25,26)/t16-/m0/s1. The summed E-state index contributed by atoms with van der Waals surface area (Å²) in [6, 6.07) is 7.09. The number of carbonyl (C=O) groups is 2. The highest BCUT2D eigenvalue weighted by Gasteiger charge is 2.30. The zero-order valence-electron chi connectivity index (χ0n) is 15.0. The molecule has 0 aromatic heterocycles. The highest BCUT2D eigenvalue weighted by Crippen LogP contribution is 2.30. The summed E-state index contributed by atoms with van der Waals surface area (Å²) in [6.45, 7) is 3.48. The molecule has 0 radical (unpaired) electrons. The SMILES string of the molecule is CC(C)[C@H](N)C(=O)Oc1ccc(Cl)cc1C(=O)Nc1ccc(C(F)(F)F)cc1. The number of esters is 1. The van der Waals surface area contributed by atoms with Crippen LogP contribution in [0.3, 0.4) is 0 Å². The van der Waals surface area contributed by atoms with Crippen molar-refractivity contribution in [3.63, 3.8) is 0 Å². The van der Waals surface area contributed by atoms with Crippen LogP contribution in [0, 0.1) is 5.92 Å². The third-order valence-corrected chi connectivity index (χ3v) is 4.09. The number of nitrogens with one attached hydrogen (secondary N) is 1. The van der Waals surface area contributed by atoms with Gasteiger partial charge in [0.2, 0.25) is 0 Å². The Kier molecular flexibility index (Phi) is 6.69. The molecule has 0 bridgehead atoms. The van der Waals surface area contributed by atoms with Gasteiger partial charge in [0.25, 0.3) is 5.91 Å². The number of hydrogen-bond acceptors (Lipinski definition) is 4. The molecule has 0 aliphatic carbocycles. The van der Waals surface area contributed by atoms with Gasteiger partial charge in [-0.15, -0.1) is 0 Å². The van der Waals surface area contributed by atoms with Gasteiger partial charge in [-0.2, -0.15) is 13.2 Å². The molecule has 0 spiro atoms. The highest BCUT2D eigenvalue weighted by molar-refractivity contribution is 6.31. The molecule has 1 amide bonds. The Morgan fingerprint density at radius 3 is 2.25 bits per heavy atom. The zero-order chi connectivity index (χ0) is 21.1. The van der Waals surface area contributed by atoms with Crippen molar-refractivity contribution in [1.29, 1.82) is 0 Å². The van der Waals surface area contributed by atoms with Crippen LogP contribution in [0.25, 0.3) is 0 Å². The first-order valence-corrected chi connectivity index (χ1v) is 8.62. The Morgan fingerprint density at radius 2 is 1.71 bits per heavy atom. The van der Waals surface area contributed by atoms with Gasteiger partial charge in [0.05, 0.1) is 11.1 Å².